The molecule has 30 heavy (non-hydrogen) atoms. The number of carboxylic acid groups (broad SMARTS) is 1. The SMILES string of the molecule is O=C(CNc1ccc2c(c1)OCO2)NN=Cc1ccc(-c2cccc(C(=O)O)c2)o1. The minimum atomic E-state index is -1.01. The molecule has 1 aliphatic rings. The number of furan rings is 1. The number of carboxylic acids is 1. The lowest BCUT2D eigenvalue weighted by Crippen LogP contribution is -2.25. The monoisotopic (exact) mass is 407 g/mol. The molecule has 0 atom stereocenters. The number of benzene rings is 2. The number of anilines is 1. The lowest BCUT2D eigenvalue weighted by Gasteiger charge is -2.06. The number of carbonyl (C=O) groups is 2. The van der Waals surface area contributed by atoms with Crippen LogP contribution in [0.4, 0.5) is 5.69 Å². The molecular weight excluding hydrogens is 390 g/mol. The van der Waals surface area contributed by atoms with Crippen molar-refractivity contribution in [3.8, 4) is 22.8 Å². The van der Waals surface area contributed by atoms with E-state index in [1.54, 1.807) is 42.5 Å². The third kappa shape index (κ3) is 4.41. The van der Waals surface area contributed by atoms with Crippen molar-refractivity contribution in [2.24, 2.45) is 5.10 Å². The first kappa shape index (κ1) is 19.1. The lowest BCUT2D eigenvalue weighted by atomic mass is 10.1. The number of hydrogen-bond donors (Lipinski definition) is 3. The summed E-state index contributed by atoms with van der Waals surface area (Å²) in [6.45, 7) is 0.204. The summed E-state index contributed by atoms with van der Waals surface area (Å²) in [6.07, 6.45) is 1.36. The second-order valence-electron chi connectivity index (χ2n) is 6.30. The predicted molar refractivity (Wildman–Crippen MR) is 108 cm³/mol. The molecule has 0 spiro atoms. The minimum Gasteiger partial charge on any atom is -0.478 e. The molecule has 1 aliphatic heterocycles. The van der Waals surface area contributed by atoms with Crippen molar-refractivity contribution in [2.75, 3.05) is 18.7 Å². The first-order valence-electron chi connectivity index (χ1n) is 8.97. The van der Waals surface area contributed by atoms with E-state index in [1.807, 2.05) is 0 Å². The van der Waals surface area contributed by atoms with Gasteiger partial charge in [0.2, 0.25) is 6.79 Å². The molecule has 3 N–H and O–H groups in total. The van der Waals surface area contributed by atoms with Gasteiger partial charge in [-0.25, -0.2) is 10.2 Å². The zero-order chi connectivity index (χ0) is 20.9. The second kappa shape index (κ2) is 8.39. The second-order valence-corrected chi connectivity index (χ2v) is 6.30. The number of ether oxygens (including phenoxy) is 2. The Bertz CT molecular complexity index is 1120. The third-order valence-electron chi connectivity index (χ3n) is 4.23. The summed E-state index contributed by atoms with van der Waals surface area (Å²) in [5, 5.41) is 15.9. The molecule has 0 saturated heterocycles. The highest BCUT2D eigenvalue weighted by Gasteiger charge is 2.13. The van der Waals surface area contributed by atoms with Crippen LogP contribution >= 0.6 is 0 Å². The first-order chi connectivity index (χ1) is 14.6. The number of fused-ring (bicyclic) bond motifs is 1. The largest absolute Gasteiger partial charge is 0.478 e. The van der Waals surface area contributed by atoms with Gasteiger partial charge in [0.25, 0.3) is 5.91 Å². The molecule has 0 aliphatic carbocycles. The van der Waals surface area contributed by atoms with Gasteiger partial charge in [-0.1, -0.05) is 12.1 Å². The number of carbonyl (C=O) groups excluding carboxylic acids is 1. The van der Waals surface area contributed by atoms with Gasteiger partial charge in [0.05, 0.1) is 18.3 Å². The van der Waals surface area contributed by atoms with E-state index in [2.05, 4.69) is 15.8 Å². The predicted octanol–water partition coefficient (Wildman–Crippen LogP) is 2.94. The standard InChI is InChI=1S/C21H17N3O6/c25-20(11-22-15-4-6-18-19(9-15)29-12-28-18)24-23-10-16-5-7-17(30-16)13-2-1-3-14(8-13)21(26)27/h1-10,22H,11-12H2,(H,24,25)(H,26,27). The molecule has 0 fully saturated rings. The maximum absolute atomic E-state index is 11.9. The fourth-order valence-corrected chi connectivity index (χ4v) is 2.78. The van der Waals surface area contributed by atoms with E-state index < -0.39 is 5.97 Å². The Balaban J connectivity index is 1.30. The molecule has 0 bridgehead atoms. The molecule has 2 heterocycles. The fourth-order valence-electron chi connectivity index (χ4n) is 2.78. The van der Waals surface area contributed by atoms with Crippen molar-refractivity contribution >= 4 is 23.8 Å². The summed E-state index contributed by atoms with van der Waals surface area (Å²) in [5.41, 5.74) is 3.92. The number of rotatable bonds is 7. The molecule has 1 aromatic heterocycles. The van der Waals surface area contributed by atoms with E-state index in [9.17, 15) is 9.59 Å². The van der Waals surface area contributed by atoms with Gasteiger partial charge in [-0.3, -0.25) is 4.79 Å². The molecule has 0 saturated carbocycles. The summed E-state index contributed by atoms with van der Waals surface area (Å²) >= 11 is 0. The van der Waals surface area contributed by atoms with Crippen molar-refractivity contribution in [1.29, 1.82) is 0 Å². The minimum absolute atomic E-state index is 0.0162. The Labute approximate surface area is 170 Å². The van der Waals surface area contributed by atoms with Crippen molar-refractivity contribution in [3.05, 3.63) is 65.9 Å². The fraction of sp³-hybridized carbons (Fsp3) is 0.0952. The molecule has 0 unspecified atom stereocenters. The van der Waals surface area contributed by atoms with Gasteiger partial charge < -0.3 is 24.3 Å². The summed E-state index contributed by atoms with van der Waals surface area (Å²) in [7, 11) is 0. The van der Waals surface area contributed by atoms with Crippen LogP contribution in [-0.4, -0.2) is 36.5 Å². The maximum Gasteiger partial charge on any atom is 0.335 e. The van der Waals surface area contributed by atoms with E-state index in [4.69, 9.17) is 19.0 Å². The third-order valence-corrected chi connectivity index (χ3v) is 4.23. The van der Waals surface area contributed by atoms with Gasteiger partial charge in [-0.2, -0.15) is 5.10 Å². The van der Waals surface area contributed by atoms with E-state index in [1.165, 1.54) is 18.3 Å². The van der Waals surface area contributed by atoms with Crippen molar-refractivity contribution < 1.29 is 28.6 Å². The van der Waals surface area contributed by atoms with Crippen LogP contribution in [0.3, 0.4) is 0 Å². The van der Waals surface area contributed by atoms with Crippen molar-refractivity contribution in [1.82, 2.24) is 5.43 Å². The summed E-state index contributed by atoms with van der Waals surface area (Å²) < 4.78 is 16.1. The van der Waals surface area contributed by atoms with Crippen LogP contribution in [0.2, 0.25) is 0 Å². The smallest absolute Gasteiger partial charge is 0.335 e. The highest BCUT2D eigenvalue weighted by atomic mass is 16.7. The Morgan fingerprint density at radius 2 is 1.93 bits per heavy atom. The van der Waals surface area contributed by atoms with E-state index >= 15 is 0 Å². The summed E-state index contributed by atoms with van der Waals surface area (Å²) in [6, 6.07) is 15.1. The van der Waals surface area contributed by atoms with Crippen LogP contribution < -0.4 is 20.2 Å². The maximum atomic E-state index is 11.9. The van der Waals surface area contributed by atoms with Crippen LogP contribution in [0.5, 0.6) is 11.5 Å². The van der Waals surface area contributed by atoms with Crippen molar-refractivity contribution in [3.63, 3.8) is 0 Å². The van der Waals surface area contributed by atoms with Crippen LogP contribution in [0.15, 0.2) is 64.1 Å². The molecule has 9 nitrogen and oxygen atoms in total. The summed E-state index contributed by atoms with van der Waals surface area (Å²) in [4.78, 5) is 23.0. The van der Waals surface area contributed by atoms with Gasteiger partial charge in [-0.15, -0.1) is 0 Å². The van der Waals surface area contributed by atoms with E-state index in [0.29, 0.717) is 28.6 Å². The molecule has 0 radical (unpaired) electrons. The molecule has 3 aromatic rings. The van der Waals surface area contributed by atoms with E-state index in [-0.39, 0.29) is 24.8 Å². The Hall–Kier alpha value is -4.27. The first-order valence-corrected chi connectivity index (χ1v) is 8.97. The lowest BCUT2D eigenvalue weighted by molar-refractivity contribution is -0.119. The Kier molecular flexibility index (Phi) is 5.33. The highest BCUT2D eigenvalue weighted by molar-refractivity contribution is 5.89. The molecule has 4 rings (SSSR count). The Morgan fingerprint density at radius 1 is 1.07 bits per heavy atom. The Morgan fingerprint density at radius 3 is 2.80 bits per heavy atom. The van der Waals surface area contributed by atoms with Crippen LogP contribution in [-0.2, 0) is 4.79 Å². The number of aromatic carboxylic acids is 1. The van der Waals surface area contributed by atoms with Gasteiger partial charge in [-0.05, 0) is 36.4 Å². The van der Waals surface area contributed by atoms with Crippen LogP contribution in [0.1, 0.15) is 16.1 Å². The number of nitrogens with one attached hydrogen (secondary N) is 2. The molecule has 9 heteroatoms. The van der Waals surface area contributed by atoms with Crippen molar-refractivity contribution in [2.45, 2.75) is 0 Å². The normalized spacial score (nSPS) is 12.1. The van der Waals surface area contributed by atoms with E-state index in [0.717, 1.165) is 5.69 Å². The zero-order valence-corrected chi connectivity index (χ0v) is 15.6. The number of hydrogen-bond acceptors (Lipinski definition) is 7. The topological polar surface area (TPSA) is 122 Å². The summed E-state index contributed by atoms with van der Waals surface area (Å²) in [5.74, 6) is 0.847. The number of amides is 1. The van der Waals surface area contributed by atoms with Gasteiger partial charge in [0.15, 0.2) is 11.5 Å². The van der Waals surface area contributed by atoms with Gasteiger partial charge in [0, 0.05) is 17.3 Å². The number of hydrazone groups is 1. The molecular formula is C21H17N3O6. The highest BCUT2D eigenvalue weighted by Crippen LogP contribution is 2.34. The molecule has 152 valence electrons. The quantitative estimate of drug-likeness (QED) is 0.406. The van der Waals surface area contributed by atoms with Gasteiger partial charge in [0.1, 0.15) is 11.5 Å². The van der Waals surface area contributed by atoms with Crippen LogP contribution in [0, 0.1) is 0 Å². The zero-order valence-electron chi connectivity index (χ0n) is 15.6. The number of nitrogens with zero attached hydrogens (tertiary/aromatic N) is 1. The average Bonchev–Trinajstić information content (AvgIpc) is 3.41. The average molecular weight is 407 g/mol. The molecule has 1 amide bonds. The van der Waals surface area contributed by atoms with Gasteiger partial charge >= 0.3 is 5.97 Å². The van der Waals surface area contributed by atoms with Crippen LogP contribution in [0.25, 0.3) is 11.3 Å². The molecule has 2 aromatic carbocycles.